The molecule has 2 N–H and O–H groups in total. The van der Waals surface area contributed by atoms with E-state index in [9.17, 15) is 5.11 Å². The molecule has 0 amide bonds. The van der Waals surface area contributed by atoms with E-state index < -0.39 is 0 Å². The summed E-state index contributed by atoms with van der Waals surface area (Å²) in [6, 6.07) is 7.40. The van der Waals surface area contributed by atoms with Crippen molar-refractivity contribution in [2.75, 3.05) is 13.2 Å². The summed E-state index contributed by atoms with van der Waals surface area (Å²) in [7, 11) is 0. The first-order chi connectivity index (χ1) is 7.57. The molecule has 3 nitrogen and oxygen atoms in total. The van der Waals surface area contributed by atoms with E-state index >= 15 is 0 Å². The minimum absolute atomic E-state index is 0. The first-order valence-corrected chi connectivity index (χ1v) is 5.69. The van der Waals surface area contributed by atoms with Crippen LogP contribution in [-0.2, 0) is 11.2 Å². The maximum Gasteiger partial charge on any atom is 0.118 e. The standard InChI is InChI=1S/C13H19NO2.ClH/c1-13(2)8-14-12(16-9-13)7-10-5-3-4-6-11(10)15;/h3-6,12,14-15H,7-9H2,1-2H3;1H. The molecular weight excluding hydrogens is 238 g/mol. The summed E-state index contributed by atoms with van der Waals surface area (Å²) in [5, 5.41) is 13.0. The lowest BCUT2D eigenvalue weighted by Gasteiger charge is -2.35. The number of nitrogens with one attached hydrogen (secondary N) is 1. The van der Waals surface area contributed by atoms with Crippen molar-refractivity contribution < 1.29 is 9.84 Å². The number of benzene rings is 1. The molecule has 96 valence electrons. The highest BCUT2D eigenvalue weighted by atomic mass is 35.5. The number of para-hydroxylation sites is 1. The Balaban J connectivity index is 0.00000144. The van der Waals surface area contributed by atoms with Gasteiger partial charge in [-0.2, -0.15) is 0 Å². The number of phenolic OH excluding ortho intramolecular Hbond substituents is 1. The normalized spacial score (nSPS) is 22.8. The van der Waals surface area contributed by atoms with Crippen molar-refractivity contribution in [1.29, 1.82) is 0 Å². The van der Waals surface area contributed by atoms with Crippen LogP contribution in [0.3, 0.4) is 0 Å². The summed E-state index contributed by atoms with van der Waals surface area (Å²) in [5.41, 5.74) is 1.13. The minimum atomic E-state index is 0. The Morgan fingerprint density at radius 3 is 2.71 bits per heavy atom. The van der Waals surface area contributed by atoms with Crippen LogP contribution in [0.15, 0.2) is 24.3 Å². The largest absolute Gasteiger partial charge is 0.508 e. The number of halogens is 1. The molecule has 0 saturated carbocycles. The third-order valence-corrected chi connectivity index (χ3v) is 2.88. The molecule has 0 bridgehead atoms. The van der Waals surface area contributed by atoms with E-state index in [0.29, 0.717) is 12.2 Å². The summed E-state index contributed by atoms with van der Waals surface area (Å²) < 4.78 is 5.73. The molecule has 0 aromatic heterocycles. The van der Waals surface area contributed by atoms with E-state index in [0.717, 1.165) is 18.7 Å². The lowest BCUT2D eigenvalue weighted by atomic mass is 9.93. The van der Waals surface area contributed by atoms with Gasteiger partial charge in [0, 0.05) is 18.4 Å². The second-order valence-electron chi connectivity index (χ2n) is 5.18. The summed E-state index contributed by atoms with van der Waals surface area (Å²) in [6.45, 7) is 6.07. The highest BCUT2D eigenvalue weighted by Crippen LogP contribution is 2.23. The molecule has 0 aliphatic carbocycles. The molecule has 17 heavy (non-hydrogen) atoms. The molecule has 1 unspecified atom stereocenters. The maximum absolute atomic E-state index is 9.66. The van der Waals surface area contributed by atoms with Crippen LogP contribution in [0.4, 0.5) is 0 Å². The third kappa shape index (κ3) is 3.87. The van der Waals surface area contributed by atoms with Crippen LogP contribution >= 0.6 is 12.4 Å². The van der Waals surface area contributed by atoms with Crippen molar-refractivity contribution in [3.63, 3.8) is 0 Å². The maximum atomic E-state index is 9.66. The molecule has 2 rings (SSSR count). The van der Waals surface area contributed by atoms with E-state index in [1.165, 1.54) is 0 Å². The zero-order valence-corrected chi connectivity index (χ0v) is 11.1. The fourth-order valence-corrected chi connectivity index (χ4v) is 1.84. The Labute approximate surface area is 109 Å². The predicted molar refractivity (Wildman–Crippen MR) is 70.6 cm³/mol. The summed E-state index contributed by atoms with van der Waals surface area (Å²) in [4.78, 5) is 0. The molecule has 1 heterocycles. The van der Waals surface area contributed by atoms with Crippen LogP contribution in [0.2, 0.25) is 0 Å². The van der Waals surface area contributed by atoms with Crippen LogP contribution in [0.5, 0.6) is 5.75 Å². The van der Waals surface area contributed by atoms with Crippen LogP contribution in [0, 0.1) is 5.41 Å². The van der Waals surface area contributed by atoms with E-state index in [1.807, 2.05) is 18.2 Å². The van der Waals surface area contributed by atoms with E-state index in [1.54, 1.807) is 6.07 Å². The Morgan fingerprint density at radius 1 is 1.41 bits per heavy atom. The second-order valence-corrected chi connectivity index (χ2v) is 5.18. The first-order valence-electron chi connectivity index (χ1n) is 5.69. The highest BCUT2D eigenvalue weighted by molar-refractivity contribution is 5.85. The molecule has 1 aromatic carbocycles. The number of hydrogen-bond acceptors (Lipinski definition) is 3. The SMILES string of the molecule is CC1(C)CNC(Cc2ccccc2O)OC1.Cl. The van der Waals surface area contributed by atoms with Gasteiger partial charge in [0.2, 0.25) is 0 Å². The number of rotatable bonds is 2. The van der Waals surface area contributed by atoms with Crippen LogP contribution < -0.4 is 5.32 Å². The Morgan fingerprint density at radius 2 is 2.12 bits per heavy atom. The van der Waals surface area contributed by atoms with Gasteiger partial charge in [-0.05, 0) is 11.6 Å². The number of hydrogen-bond donors (Lipinski definition) is 2. The number of aromatic hydroxyl groups is 1. The van der Waals surface area contributed by atoms with Gasteiger partial charge in [0.05, 0.1) is 6.61 Å². The Hall–Kier alpha value is -0.770. The Bertz CT molecular complexity index is 358. The highest BCUT2D eigenvalue weighted by Gasteiger charge is 2.27. The van der Waals surface area contributed by atoms with Crippen molar-refractivity contribution in [1.82, 2.24) is 5.32 Å². The van der Waals surface area contributed by atoms with Gasteiger partial charge in [0.1, 0.15) is 12.0 Å². The monoisotopic (exact) mass is 257 g/mol. The van der Waals surface area contributed by atoms with Gasteiger partial charge in [-0.1, -0.05) is 32.0 Å². The molecule has 1 aliphatic heterocycles. The van der Waals surface area contributed by atoms with E-state index in [2.05, 4.69) is 19.2 Å². The van der Waals surface area contributed by atoms with E-state index in [4.69, 9.17) is 4.74 Å². The van der Waals surface area contributed by atoms with Crippen molar-refractivity contribution in [2.24, 2.45) is 5.41 Å². The van der Waals surface area contributed by atoms with Gasteiger partial charge in [-0.3, -0.25) is 5.32 Å². The molecule has 1 atom stereocenters. The zero-order valence-electron chi connectivity index (χ0n) is 10.3. The van der Waals surface area contributed by atoms with Crippen molar-refractivity contribution >= 4 is 12.4 Å². The number of phenols is 1. The molecule has 1 aromatic rings. The molecule has 0 radical (unpaired) electrons. The lowest BCUT2D eigenvalue weighted by Crippen LogP contribution is -2.48. The average molecular weight is 258 g/mol. The smallest absolute Gasteiger partial charge is 0.118 e. The average Bonchev–Trinajstić information content (AvgIpc) is 2.24. The fourth-order valence-electron chi connectivity index (χ4n) is 1.84. The third-order valence-electron chi connectivity index (χ3n) is 2.88. The first kappa shape index (κ1) is 14.3. The second kappa shape index (κ2) is 5.71. The van der Waals surface area contributed by atoms with Gasteiger partial charge in [0.25, 0.3) is 0 Å². The quantitative estimate of drug-likeness (QED) is 0.855. The van der Waals surface area contributed by atoms with Gasteiger partial charge >= 0.3 is 0 Å². The summed E-state index contributed by atoms with van der Waals surface area (Å²) in [5.74, 6) is 0.345. The van der Waals surface area contributed by atoms with Crippen LogP contribution in [0.25, 0.3) is 0 Å². The van der Waals surface area contributed by atoms with E-state index in [-0.39, 0.29) is 24.0 Å². The summed E-state index contributed by atoms with van der Waals surface area (Å²) >= 11 is 0. The summed E-state index contributed by atoms with van der Waals surface area (Å²) in [6.07, 6.45) is 0.726. The topological polar surface area (TPSA) is 41.5 Å². The molecule has 1 saturated heterocycles. The molecule has 1 aliphatic rings. The minimum Gasteiger partial charge on any atom is -0.508 e. The molecular formula is C13H20ClNO2. The van der Waals surface area contributed by atoms with Crippen molar-refractivity contribution in [2.45, 2.75) is 26.5 Å². The predicted octanol–water partition coefficient (Wildman–Crippen LogP) is 2.33. The van der Waals surface area contributed by atoms with Gasteiger partial charge in [-0.15, -0.1) is 12.4 Å². The number of ether oxygens (including phenoxy) is 1. The van der Waals surface area contributed by atoms with Crippen molar-refractivity contribution in [3.8, 4) is 5.75 Å². The van der Waals surface area contributed by atoms with Crippen LogP contribution in [-0.4, -0.2) is 24.5 Å². The van der Waals surface area contributed by atoms with Gasteiger partial charge in [-0.25, -0.2) is 0 Å². The fraction of sp³-hybridized carbons (Fsp3) is 0.538. The van der Waals surface area contributed by atoms with Gasteiger partial charge in [0.15, 0.2) is 0 Å². The molecule has 1 fully saturated rings. The zero-order chi connectivity index (χ0) is 11.6. The Kier molecular flexibility index (Phi) is 4.80. The van der Waals surface area contributed by atoms with Gasteiger partial charge < -0.3 is 9.84 Å². The van der Waals surface area contributed by atoms with Crippen LogP contribution in [0.1, 0.15) is 19.4 Å². The van der Waals surface area contributed by atoms with Crippen molar-refractivity contribution in [3.05, 3.63) is 29.8 Å². The molecule has 0 spiro atoms. The molecule has 4 heteroatoms. The lowest BCUT2D eigenvalue weighted by molar-refractivity contribution is -0.0568.